The van der Waals surface area contributed by atoms with E-state index in [2.05, 4.69) is 0 Å². The Kier molecular flexibility index (Phi) is 4.83. The average Bonchev–Trinajstić information content (AvgIpc) is 3.09. The molecule has 0 aromatic heterocycles. The van der Waals surface area contributed by atoms with Crippen LogP contribution in [0.5, 0.6) is 0 Å². The molecule has 2 rings (SSSR count). The Hall–Kier alpha value is -1.06. The summed E-state index contributed by atoms with van der Waals surface area (Å²) in [5.74, 6) is -0.0990. The summed E-state index contributed by atoms with van der Waals surface area (Å²) in [4.78, 5) is 25.1. The van der Waals surface area contributed by atoms with Gasteiger partial charge in [-0.15, -0.1) is 0 Å². The van der Waals surface area contributed by atoms with Crippen LogP contribution in [-0.2, 0) is 9.59 Å². The van der Waals surface area contributed by atoms with Crippen LogP contribution in [0, 0.1) is 11.8 Å². The van der Waals surface area contributed by atoms with Crippen LogP contribution in [0.2, 0.25) is 0 Å². The summed E-state index contributed by atoms with van der Waals surface area (Å²) in [5.41, 5.74) is 0. The second-order valence-corrected chi connectivity index (χ2v) is 6.08. The Morgan fingerprint density at radius 3 is 2.32 bits per heavy atom. The Morgan fingerprint density at radius 2 is 1.84 bits per heavy atom. The summed E-state index contributed by atoms with van der Waals surface area (Å²) in [7, 11) is 0. The molecule has 0 aliphatic heterocycles. The lowest BCUT2D eigenvalue weighted by molar-refractivity contribution is -0.147. The molecule has 108 valence electrons. The van der Waals surface area contributed by atoms with E-state index < -0.39 is 5.97 Å². The quantitative estimate of drug-likeness (QED) is 0.771. The standard InChI is InChI=1S/C15H25NO3/c1-2-12(9-11-5-3-4-6-11)15(19)16(10-14(17)18)13-7-8-13/h11-13H,2-10H2,1H3,(H,17,18). The van der Waals surface area contributed by atoms with Crippen LogP contribution in [0.3, 0.4) is 0 Å². The van der Waals surface area contributed by atoms with Gasteiger partial charge in [0.15, 0.2) is 0 Å². The van der Waals surface area contributed by atoms with Crippen molar-refractivity contribution in [1.29, 1.82) is 0 Å². The summed E-state index contributed by atoms with van der Waals surface area (Å²) < 4.78 is 0. The monoisotopic (exact) mass is 267 g/mol. The first-order valence-electron chi connectivity index (χ1n) is 7.64. The van der Waals surface area contributed by atoms with Crippen molar-refractivity contribution in [2.24, 2.45) is 11.8 Å². The number of carboxylic acids is 1. The summed E-state index contributed by atoms with van der Waals surface area (Å²) in [6.45, 7) is 1.92. The fourth-order valence-electron chi connectivity index (χ4n) is 3.24. The van der Waals surface area contributed by atoms with E-state index in [1.807, 2.05) is 6.92 Å². The first-order chi connectivity index (χ1) is 9.11. The van der Waals surface area contributed by atoms with Gasteiger partial charge in [0.25, 0.3) is 0 Å². The van der Waals surface area contributed by atoms with Crippen molar-refractivity contribution in [3.63, 3.8) is 0 Å². The number of hydrogen-bond acceptors (Lipinski definition) is 2. The van der Waals surface area contributed by atoms with Gasteiger partial charge in [-0.05, 0) is 31.6 Å². The third-order valence-corrected chi connectivity index (χ3v) is 4.51. The molecule has 1 unspecified atom stereocenters. The molecule has 0 saturated heterocycles. The minimum Gasteiger partial charge on any atom is -0.480 e. The van der Waals surface area contributed by atoms with Crippen LogP contribution in [0.25, 0.3) is 0 Å². The van der Waals surface area contributed by atoms with Crippen LogP contribution in [0.1, 0.15) is 58.3 Å². The Bertz CT molecular complexity index is 332. The molecule has 2 aliphatic carbocycles. The highest BCUT2D eigenvalue weighted by atomic mass is 16.4. The van der Waals surface area contributed by atoms with Gasteiger partial charge in [0.1, 0.15) is 6.54 Å². The van der Waals surface area contributed by atoms with Gasteiger partial charge >= 0.3 is 5.97 Å². The van der Waals surface area contributed by atoms with E-state index in [-0.39, 0.29) is 24.4 Å². The van der Waals surface area contributed by atoms with Gasteiger partial charge in [0.2, 0.25) is 5.91 Å². The van der Waals surface area contributed by atoms with Gasteiger partial charge in [-0.3, -0.25) is 9.59 Å². The van der Waals surface area contributed by atoms with Crippen LogP contribution in [-0.4, -0.2) is 34.5 Å². The van der Waals surface area contributed by atoms with Crippen molar-refractivity contribution in [1.82, 2.24) is 4.90 Å². The molecule has 1 N–H and O–H groups in total. The van der Waals surface area contributed by atoms with Crippen LogP contribution in [0.4, 0.5) is 0 Å². The molecule has 0 spiro atoms. The van der Waals surface area contributed by atoms with Gasteiger partial charge in [0.05, 0.1) is 0 Å². The maximum absolute atomic E-state index is 12.5. The Balaban J connectivity index is 1.94. The number of aliphatic carboxylic acids is 1. The van der Waals surface area contributed by atoms with E-state index in [1.165, 1.54) is 25.7 Å². The maximum Gasteiger partial charge on any atom is 0.323 e. The molecule has 2 fully saturated rings. The molecule has 19 heavy (non-hydrogen) atoms. The van der Waals surface area contributed by atoms with E-state index in [1.54, 1.807) is 4.90 Å². The second kappa shape index (κ2) is 6.40. The van der Waals surface area contributed by atoms with Crippen molar-refractivity contribution in [2.45, 2.75) is 64.3 Å². The minimum absolute atomic E-state index is 0.0306. The van der Waals surface area contributed by atoms with Crippen molar-refractivity contribution in [3.05, 3.63) is 0 Å². The molecular weight excluding hydrogens is 242 g/mol. The van der Waals surface area contributed by atoms with Gasteiger partial charge < -0.3 is 10.0 Å². The van der Waals surface area contributed by atoms with E-state index in [4.69, 9.17) is 5.11 Å². The fraction of sp³-hybridized carbons (Fsp3) is 0.867. The zero-order valence-corrected chi connectivity index (χ0v) is 11.8. The first kappa shape index (κ1) is 14.4. The molecule has 0 radical (unpaired) electrons. The highest BCUT2D eigenvalue weighted by molar-refractivity contribution is 5.83. The number of carboxylic acid groups (broad SMARTS) is 1. The highest BCUT2D eigenvalue weighted by Crippen LogP contribution is 2.34. The van der Waals surface area contributed by atoms with E-state index in [0.717, 1.165) is 25.7 Å². The Labute approximate surface area is 115 Å². The van der Waals surface area contributed by atoms with Crippen LogP contribution in [0.15, 0.2) is 0 Å². The number of nitrogens with zero attached hydrogens (tertiary/aromatic N) is 1. The zero-order chi connectivity index (χ0) is 13.8. The van der Waals surface area contributed by atoms with Gasteiger partial charge in [0, 0.05) is 12.0 Å². The number of rotatable bonds is 7. The summed E-state index contributed by atoms with van der Waals surface area (Å²) in [6, 6.07) is 0.196. The van der Waals surface area contributed by atoms with Gasteiger partial charge in [-0.1, -0.05) is 32.6 Å². The van der Waals surface area contributed by atoms with Crippen LogP contribution < -0.4 is 0 Å². The largest absolute Gasteiger partial charge is 0.480 e. The number of amides is 1. The molecule has 0 heterocycles. The third-order valence-electron chi connectivity index (χ3n) is 4.51. The topological polar surface area (TPSA) is 57.6 Å². The van der Waals surface area contributed by atoms with Crippen molar-refractivity contribution in [3.8, 4) is 0 Å². The lowest BCUT2D eigenvalue weighted by Crippen LogP contribution is -2.41. The zero-order valence-electron chi connectivity index (χ0n) is 11.8. The molecule has 2 aliphatic rings. The fourth-order valence-corrected chi connectivity index (χ4v) is 3.24. The number of carbonyl (C=O) groups excluding carboxylic acids is 1. The highest BCUT2D eigenvalue weighted by Gasteiger charge is 2.37. The molecule has 4 nitrogen and oxygen atoms in total. The summed E-state index contributed by atoms with van der Waals surface area (Å²) >= 11 is 0. The molecule has 4 heteroatoms. The summed E-state index contributed by atoms with van der Waals surface area (Å²) in [5, 5.41) is 8.95. The molecule has 1 amide bonds. The van der Waals surface area contributed by atoms with E-state index >= 15 is 0 Å². The molecule has 0 aromatic carbocycles. The molecule has 1 atom stereocenters. The van der Waals surface area contributed by atoms with Crippen molar-refractivity contribution in [2.75, 3.05) is 6.54 Å². The lowest BCUT2D eigenvalue weighted by Gasteiger charge is -2.27. The average molecular weight is 267 g/mol. The lowest BCUT2D eigenvalue weighted by atomic mass is 9.90. The third kappa shape index (κ3) is 3.95. The smallest absolute Gasteiger partial charge is 0.323 e. The van der Waals surface area contributed by atoms with Crippen molar-refractivity contribution >= 4 is 11.9 Å². The van der Waals surface area contributed by atoms with Crippen molar-refractivity contribution < 1.29 is 14.7 Å². The predicted molar refractivity (Wildman–Crippen MR) is 72.7 cm³/mol. The van der Waals surface area contributed by atoms with Gasteiger partial charge in [-0.25, -0.2) is 0 Å². The van der Waals surface area contributed by atoms with Gasteiger partial charge in [-0.2, -0.15) is 0 Å². The molecular formula is C15H25NO3. The summed E-state index contributed by atoms with van der Waals surface area (Å²) in [6.07, 6.45) is 8.79. The molecule has 0 aromatic rings. The molecule has 0 bridgehead atoms. The SMILES string of the molecule is CCC(CC1CCCC1)C(=O)N(CC(=O)O)C1CC1. The minimum atomic E-state index is -0.893. The first-order valence-corrected chi connectivity index (χ1v) is 7.64. The molecule has 2 saturated carbocycles. The van der Waals surface area contributed by atoms with E-state index in [0.29, 0.717) is 5.92 Å². The normalized spacial score (nSPS) is 21.3. The number of hydrogen-bond donors (Lipinski definition) is 1. The maximum atomic E-state index is 12.5. The van der Waals surface area contributed by atoms with Crippen LogP contribution >= 0.6 is 0 Å². The Morgan fingerprint density at radius 1 is 1.21 bits per heavy atom. The second-order valence-electron chi connectivity index (χ2n) is 6.08. The van der Waals surface area contributed by atoms with E-state index in [9.17, 15) is 9.59 Å². The predicted octanol–water partition coefficient (Wildman–Crippen LogP) is 2.67. The number of carbonyl (C=O) groups is 2.